The third-order valence-corrected chi connectivity index (χ3v) is 3.04. The molecule has 0 atom stereocenters. The molecule has 1 aliphatic heterocycles. The van der Waals surface area contributed by atoms with Gasteiger partial charge in [0.15, 0.2) is 5.78 Å². The molecule has 0 radical (unpaired) electrons. The van der Waals surface area contributed by atoms with E-state index in [4.69, 9.17) is 5.11 Å². The highest BCUT2D eigenvalue weighted by Crippen LogP contribution is 2.27. The molecule has 2 aromatic rings. The second-order valence-corrected chi connectivity index (χ2v) is 4.04. The van der Waals surface area contributed by atoms with E-state index in [0.29, 0.717) is 24.3 Å². The number of aromatic nitrogens is 1. The summed E-state index contributed by atoms with van der Waals surface area (Å²) >= 11 is 0. The Kier molecular flexibility index (Phi) is 2.02. The maximum absolute atomic E-state index is 11.7. The number of para-hydroxylation sites is 1. The first-order valence-corrected chi connectivity index (χ1v) is 5.29. The average Bonchev–Trinajstić information content (AvgIpc) is 2.69. The lowest BCUT2D eigenvalue weighted by Gasteiger charge is -2.11. The Labute approximate surface area is 96.4 Å². The topological polar surface area (TPSA) is 82.2 Å². The van der Waals surface area contributed by atoms with Crippen molar-refractivity contribution in [1.82, 2.24) is 10.3 Å². The van der Waals surface area contributed by atoms with Crippen molar-refractivity contribution in [2.24, 2.45) is 0 Å². The third kappa shape index (κ3) is 1.36. The van der Waals surface area contributed by atoms with Gasteiger partial charge in [-0.3, -0.25) is 4.79 Å². The summed E-state index contributed by atoms with van der Waals surface area (Å²) in [5.41, 5.74) is 2.12. The van der Waals surface area contributed by atoms with Crippen molar-refractivity contribution in [1.29, 1.82) is 0 Å². The number of aromatic carboxylic acids is 1. The Bertz CT molecular complexity index is 642. The van der Waals surface area contributed by atoms with Crippen molar-refractivity contribution in [3.8, 4) is 0 Å². The second kappa shape index (κ2) is 3.43. The Balaban J connectivity index is 2.37. The molecule has 1 aromatic heterocycles. The van der Waals surface area contributed by atoms with E-state index < -0.39 is 5.97 Å². The lowest BCUT2D eigenvalue weighted by Crippen LogP contribution is -2.29. The molecule has 1 aliphatic rings. The number of carbonyl (C=O) groups is 2. The van der Waals surface area contributed by atoms with Gasteiger partial charge in [0.25, 0.3) is 0 Å². The number of carboxylic acid groups (broad SMARTS) is 1. The molecule has 5 nitrogen and oxygen atoms in total. The standard InChI is InChI=1S/C12H10N2O3/c15-9-5-13-4-8-6-2-1-3-7(12(16)17)10(6)14-11(8)9/h1-3,13-14H,4-5H2,(H,16,17). The molecular formula is C12H10N2O3. The number of hydrogen-bond donors (Lipinski definition) is 3. The van der Waals surface area contributed by atoms with Gasteiger partial charge in [-0.15, -0.1) is 0 Å². The van der Waals surface area contributed by atoms with Crippen molar-refractivity contribution in [3.05, 3.63) is 35.0 Å². The van der Waals surface area contributed by atoms with E-state index in [9.17, 15) is 9.59 Å². The average molecular weight is 230 g/mol. The third-order valence-electron chi connectivity index (χ3n) is 3.04. The molecule has 0 saturated heterocycles. The van der Waals surface area contributed by atoms with Crippen molar-refractivity contribution in [2.75, 3.05) is 6.54 Å². The van der Waals surface area contributed by atoms with Crippen LogP contribution in [0, 0.1) is 0 Å². The van der Waals surface area contributed by atoms with Gasteiger partial charge in [-0.05, 0) is 6.07 Å². The molecule has 0 saturated carbocycles. The van der Waals surface area contributed by atoms with E-state index >= 15 is 0 Å². The molecule has 0 bridgehead atoms. The maximum atomic E-state index is 11.7. The lowest BCUT2D eigenvalue weighted by atomic mass is 10.0. The quantitative estimate of drug-likeness (QED) is 0.686. The van der Waals surface area contributed by atoms with Gasteiger partial charge in [-0.25, -0.2) is 4.79 Å². The Hall–Kier alpha value is -2.14. The van der Waals surface area contributed by atoms with E-state index in [1.54, 1.807) is 6.07 Å². The van der Waals surface area contributed by atoms with Gasteiger partial charge >= 0.3 is 5.97 Å². The summed E-state index contributed by atoms with van der Waals surface area (Å²) in [5, 5.41) is 12.9. The van der Waals surface area contributed by atoms with E-state index in [1.807, 2.05) is 6.07 Å². The monoisotopic (exact) mass is 230 g/mol. The van der Waals surface area contributed by atoms with E-state index in [-0.39, 0.29) is 11.3 Å². The zero-order chi connectivity index (χ0) is 12.0. The van der Waals surface area contributed by atoms with Crippen molar-refractivity contribution in [3.63, 3.8) is 0 Å². The van der Waals surface area contributed by atoms with Gasteiger partial charge in [0.1, 0.15) is 0 Å². The molecule has 0 amide bonds. The molecule has 0 spiro atoms. The molecule has 3 rings (SSSR count). The summed E-state index contributed by atoms with van der Waals surface area (Å²) in [6.07, 6.45) is 0. The number of fused-ring (bicyclic) bond motifs is 3. The fourth-order valence-corrected chi connectivity index (χ4v) is 2.26. The SMILES string of the molecule is O=C1CNCc2c1[nH]c1c(C(=O)O)cccc21. The summed E-state index contributed by atoms with van der Waals surface area (Å²) < 4.78 is 0. The number of nitrogens with one attached hydrogen (secondary N) is 2. The molecule has 2 heterocycles. The normalized spacial score (nSPS) is 14.9. The van der Waals surface area contributed by atoms with Crippen molar-refractivity contribution < 1.29 is 14.7 Å². The molecule has 3 N–H and O–H groups in total. The van der Waals surface area contributed by atoms with E-state index in [2.05, 4.69) is 10.3 Å². The first kappa shape index (κ1) is 10.0. The predicted octanol–water partition coefficient (Wildman–Crippen LogP) is 1.15. The second-order valence-electron chi connectivity index (χ2n) is 4.04. The lowest BCUT2D eigenvalue weighted by molar-refractivity contribution is 0.0698. The van der Waals surface area contributed by atoms with E-state index in [0.717, 1.165) is 10.9 Å². The number of carbonyl (C=O) groups excluding carboxylic acids is 1. The maximum Gasteiger partial charge on any atom is 0.337 e. The van der Waals surface area contributed by atoms with Crippen LogP contribution < -0.4 is 5.32 Å². The Morgan fingerprint density at radius 3 is 2.88 bits per heavy atom. The number of hydrogen-bond acceptors (Lipinski definition) is 3. The van der Waals surface area contributed by atoms with E-state index in [1.165, 1.54) is 6.07 Å². The highest BCUT2D eigenvalue weighted by atomic mass is 16.4. The summed E-state index contributed by atoms with van der Waals surface area (Å²) in [5.74, 6) is -1.02. The Morgan fingerprint density at radius 2 is 2.12 bits per heavy atom. The number of benzene rings is 1. The van der Waals surface area contributed by atoms with Crippen LogP contribution in [0.15, 0.2) is 18.2 Å². The molecular weight excluding hydrogens is 220 g/mol. The minimum absolute atomic E-state index is 0.0289. The van der Waals surface area contributed by atoms with Gasteiger partial charge in [0.05, 0.1) is 23.3 Å². The van der Waals surface area contributed by atoms with Crippen LogP contribution in [0.1, 0.15) is 26.4 Å². The number of H-pyrrole nitrogens is 1. The number of aromatic amines is 1. The van der Waals surface area contributed by atoms with Gasteiger partial charge in [-0.2, -0.15) is 0 Å². The van der Waals surface area contributed by atoms with Crippen LogP contribution >= 0.6 is 0 Å². The summed E-state index contributed by atoms with van der Waals surface area (Å²) in [6, 6.07) is 5.06. The van der Waals surface area contributed by atoms with Crippen LogP contribution in [-0.4, -0.2) is 28.4 Å². The number of carboxylic acids is 1. The zero-order valence-corrected chi connectivity index (χ0v) is 8.91. The predicted molar refractivity (Wildman–Crippen MR) is 61.3 cm³/mol. The van der Waals surface area contributed by atoms with Crippen LogP contribution in [0.4, 0.5) is 0 Å². The minimum Gasteiger partial charge on any atom is -0.478 e. The van der Waals surface area contributed by atoms with Gasteiger partial charge < -0.3 is 15.4 Å². The molecule has 1 aromatic carbocycles. The number of Topliss-reactive ketones (excluding diaryl/α,β-unsaturated/α-hetero) is 1. The van der Waals surface area contributed by atoms with Gasteiger partial charge in [0, 0.05) is 17.5 Å². The molecule has 0 aliphatic carbocycles. The first-order valence-electron chi connectivity index (χ1n) is 5.29. The van der Waals surface area contributed by atoms with Crippen molar-refractivity contribution >= 4 is 22.7 Å². The minimum atomic E-state index is -0.991. The highest BCUT2D eigenvalue weighted by Gasteiger charge is 2.23. The zero-order valence-electron chi connectivity index (χ0n) is 8.91. The molecule has 0 fully saturated rings. The van der Waals surface area contributed by atoms with Crippen molar-refractivity contribution in [2.45, 2.75) is 6.54 Å². The smallest absolute Gasteiger partial charge is 0.337 e. The molecule has 86 valence electrons. The largest absolute Gasteiger partial charge is 0.478 e. The fourth-order valence-electron chi connectivity index (χ4n) is 2.26. The fraction of sp³-hybridized carbons (Fsp3) is 0.167. The Morgan fingerprint density at radius 1 is 1.29 bits per heavy atom. The number of rotatable bonds is 1. The summed E-state index contributed by atoms with van der Waals surface area (Å²) in [4.78, 5) is 25.7. The van der Waals surface area contributed by atoms with Crippen LogP contribution in [-0.2, 0) is 6.54 Å². The number of ketones is 1. The summed E-state index contributed by atoms with van der Waals surface area (Å²) in [6.45, 7) is 0.881. The summed E-state index contributed by atoms with van der Waals surface area (Å²) in [7, 11) is 0. The van der Waals surface area contributed by atoms with Crippen LogP contribution in [0.2, 0.25) is 0 Å². The first-order chi connectivity index (χ1) is 8.18. The van der Waals surface area contributed by atoms with Crippen LogP contribution in [0.25, 0.3) is 10.9 Å². The molecule has 17 heavy (non-hydrogen) atoms. The van der Waals surface area contributed by atoms with Gasteiger partial charge in [-0.1, -0.05) is 12.1 Å². The molecule has 0 unspecified atom stereocenters. The molecule has 5 heteroatoms. The van der Waals surface area contributed by atoms with Crippen LogP contribution in [0.5, 0.6) is 0 Å². The van der Waals surface area contributed by atoms with Crippen LogP contribution in [0.3, 0.4) is 0 Å². The highest BCUT2D eigenvalue weighted by molar-refractivity contribution is 6.09. The van der Waals surface area contributed by atoms with Gasteiger partial charge in [0.2, 0.25) is 0 Å².